The Labute approximate surface area is 99.8 Å². The highest BCUT2D eigenvalue weighted by Gasteiger charge is 2.05. The topological polar surface area (TPSA) is 50.2 Å². The summed E-state index contributed by atoms with van der Waals surface area (Å²) >= 11 is 0. The normalized spacial score (nSPS) is 10.2. The van der Waals surface area contributed by atoms with Gasteiger partial charge in [-0.15, -0.1) is 0 Å². The lowest BCUT2D eigenvalue weighted by Crippen LogP contribution is -1.99. The zero-order valence-electron chi connectivity index (χ0n) is 9.55. The molecule has 0 fully saturated rings. The number of rotatable bonds is 3. The predicted molar refractivity (Wildman–Crippen MR) is 65.2 cm³/mol. The van der Waals surface area contributed by atoms with E-state index in [9.17, 15) is 4.79 Å². The Morgan fingerprint density at radius 2 is 1.88 bits per heavy atom. The Morgan fingerprint density at radius 1 is 1.18 bits per heavy atom. The van der Waals surface area contributed by atoms with Gasteiger partial charge in [0.05, 0.1) is 5.56 Å². The summed E-state index contributed by atoms with van der Waals surface area (Å²) < 4.78 is 0. The number of pyridine rings is 1. The summed E-state index contributed by atoms with van der Waals surface area (Å²) in [5, 5.41) is 8.99. The van der Waals surface area contributed by atoms with E-state index in [-0.39, 0.29) is 0 Å². The van der Waals surface area contributed by atoms with Crippen LogP contribution in [0.25, 0.3) is 0 Å². The fourth-order valence-electron chi connectivity index (χ4n) is 1.82. The molecule has 86 valence electrons. The van der Waals surface area contributed by atoms with Crippen molar-refractivity contribution in [2.75, 3.05) is 0 Å². The van der Waals surface area contributed by atoms with Crippen molar-refractivity contribution in [3.8, 4) is 0 Å². The fourth-order valence-corrected chi connectivity index (χ4v) is 1.82. The van der Waals surface area contributed by atoms with Crippen LogP contribution in [-0.4, -0.2) is 16.1 Å². The Balaban J connectivity index is 2.30. The number of benzene rings is 1. The first kappa shape index (κ1) is 11.3. The first-order valence-electron chi connectivity index (χ1n) is 5.38. The number of carbonyl (C=O) groups is 1. The predicted octanol–water partition coefficient (Wildman–Crippen LogP) is 2.68. The molecule has 17 heavy (non-hydrogen) atoms. The number of carboxylic acid groups (broad SMARTS) is 1. The lowest BCUT2D eigenvalue weighted by atomic mass is 10.0. The molecule has 0 radical (unpaired) electrons. The average molecular weight is 227 g/mol. The third kappa shape index (κ3) is 2.91. The zero-order valence-corrected chi connectivity index (χ0v) is 9.55. The van der Waals surface area contributed by atoms with Gasteiger partial charge in [0.1, 0.15) is 0 Å². The van der Waals surface area contributed by atoms with Gasteiger partial charge in [-0.1, -0.05) is 6.07 Å². The summed E-state index contributed by atoms with van der Waals surface area (Å²) in [5.74, 6) is -0.885. The highest BCUT2D eigenvalue weighted by molar-refractivity contribution is 5.88. The van der Waals surface area contributed by atoms with Gasteiger partial charge in [0.25, 0.3) is 0 Å². The number of aryl methyl sites for hydroxylation is 1. The summed E-state index contributed by atoms with van der Waals surface area (Å²) in [6.07, 6.45) is 4.21. The molecule has 0 spiro atoms. The van der Waals surface area contributed by atoms with Crippen molar-refractivity contribution in [3.05, 3.63) is 65.0 Å². The standard InChI is InChI=1S/C14H13NO2/c1-10-6-12(9-13(7-10)14(16)17)8-11-2-4-15-5-3-11/h2-7,9H,8H2,1H3,(H,16,17). The third-order valence-corrected chi connectivity index (χ3v) is 2.54. The van der Waals surface area contributed by atoms with Gasteiger partial charge in [-0.3, -0.25) is 4.98 Å². The van der Waals surface area contributed by atoms with E-state index >= 15 is 0 Å². The smallest absolute Gasteiger partial charge is 0.335 e. The zero-order chi connectivity index (χ0) is 12.3. The van der Waals surface area contributed by atoms with Crippen LogP contribution in [0.15, 0.2) is 42.7 Å². The minimum Gasteiger partial charge on any atom is -0.478 e. The largest absolute Gasteiger partial charge is 0.478 e. The molecule has 0 bridgehead atoms. The Hall–Kier alpha value is -2.16. The second kappa shape index (κ2) is 4.78. The molecule has 2 aromatic rings. The Kier molecular flexibility index (Phi) is 3.19. The number of aromatic carboxylic acids is 1. The first-order valence-corrected chi connectivity index (χ1v) is 5.38. The number of carboxylic acids is 1. The van der Waals surface area contributed by atoms with E-state index in [1.807, 2.05) is 25.1 Å². The first-order chi connectivity index (χ1) is 8.15. The maximum Gasteiger partial charge on any atom is 0.335 e. The minimum atomic E-state index is -0.885. The molecule has 0 atom stereocenters. The molecule has 1 aromatic carbocycles. The monoisotopic (exact) mass is 227 g/mol. The molecule has 1 aromatic heterocycles. The number of hydrogen-bond acceptors (Lipinski definition) is 2. The van der Waals surface area contributed by atoms with Crippen molar-refractivity contribution in [2.24, 2.45) is 0 Å². The maximum atomic E-state index is 10.9. The van der Waals surface area contributed by atoms with Crippen molar-refractivity contribution in [2.45, 2.75) is 13.3 Å². The van der Waals surface area contributed by atoms with Gasteiger partial charge in [-0.25, -0.2) is 4.79 Å². The van der Waals surface area contributed by atoms with Gasteiger partial charge in [-0.05, 0) is 54.3 Å². The van der Waals surface area contributed by atoms with E-state index in [0.29, 0.717) is 5.56 Å². The fraction of sp³-hybridized carbons (Fsp3) is 0.143. The molecule has 0 aliphatic heterocycles. The summed E-state index contributed by atoms with van der Waals surface area (Å²) in [6.45, 7) is 1.91. The number of aromatic nitrogens is 1. The van der Waals surface area contributed by atoms with Crippen molar-refractivity contribution >= 4 is 5.97 Å². The highest BCUT2D eigenvalue weighted by Crippen LogP contribution is 2.14. The van der Waals surface area contributed by atoms with E-state index in [4.69, 9.17) is 5.11 Å². The SMILES string of the molecule is Cc1cc(Cc2ccncc2)cc(C(=O)O)c1. The molecule has 3 heteroatoms. The molecule has 0 saturated carbocycles. The average Bonchev–Trinajstić information content (AvgIpc) is 2.29. The van der Waals surface area contributed by atoms with Gasteiger partial charge in [0, 0.05) is 12.4 Å². The van der Waals surface area contributed by atoms with Gasteiger partial charge >= 0.3 is 5.97 Å². The molecule has 1 N–H and O–H groups in total. The molecule has 1 heterocycles. The summed E-state index contributed by atoms with van der Waals surface area (Å²) in [4.78, 5) is 14.9. The molecule has 0 amide bonds. The molecule has 0 aliphatic carbocycles. The van der Waals surface area contributed by atoms with Crippen LogP contribution in [0.1, 0.15) is 27.0 Å². The third-order valence-electron chi connectivity index (χ3n) is 2.54. The van der Waals surface area contributed by atoms with Crippen LogP contribution in [0, 0.1) is 6.92 Å². The minimum absolute atomic E-state index is 0.342. The van der Waals surface area contributed by atoms with Crippen LogP contribution < -0.4 is 0 Å². The van der Waals surface area contributed by atoms with Crippen LogP contribution in [-0.2, 0) is 6.42 Å². The molecular weight excluding hydrogens is 214 g/mol. The second-order valence-electron chi connectivity index (χ2n) is 4.04. The van der Waals surface area contributed by atoms with Crippen LogP contribution in [0.5, 0.6) is 0 Å². The lowest BCUT2D eigenvalue weighted by molar-refractivity contribution is 0.0696. The van der Waals surface area contributed by atoms with Gasteiger partial charge < -0.3 is 5.11 Å². The second-order valence-corrected chi connectivity index (χ2v) is 4.04. The molecule has 0 saturated heterocycles. The summed E-state index contributed by atoms with van der Waals surface area (Å²) in [6, 6.07) is 9.27. The van der Waals surface area contributed by atoms with Crippen molar-refractivity contribution in [1.82, 2.24) is 4.98 Å². The van der Waals surface area contributed by atoms with Gasteiger partial charge in [0.15, 0.2) is 0 Å². The van der Waals surface area contributed by atoms with Gasteiger partial charge in [-0.2, -0.15) is 0 Å². The Morgan fingerprint density at radius 3 is 2.53 bits per heavy atom. The molecule has 0 aliphatic rings. The molecular formula is C14H13NO2. The highest BCUT2D eigenvalue weighted by atomic mass is 16.4. The van der Waals surface area contributed by atoms with Crippen molar-refractivity contribution in [1.29, 1.82) is 0 Å². The van der Waals surface area contributed by atoms with Crippen LogP contribution in [0.2, 0.25) is 0 Å². The van der Waals surface area contributed by atoms with Crippen LogP contribution in [0.4, 0.5) is 0 Å². The van der Waals surface area contributed by atoms with Gasteiger partial charge in [0.2, 0.25) is 0 Å². The molecule has 3 nitrogen and oxygen atoms in total. The Bertz CT molecular complexity index is 535. The van der Waals surface area contributed by atoms with E-state index in [1.54, 1.807) is 24.5 Å². The maximum absolute atomic E-state index is 10.9. The van der Waals surface area contributed by atoms with Crippen molar-refractivity contribution in [3.63, 3.8) is 0 Å². The number of nitrogens with zero attached hydrogens (tertiary/aromatic N) is 1. The quantitative estimate of drug-likeness (QED) is 0.877. The van der Waals surface area contributed by atoms with Crippen molar-refractivity contribution < 1.29 is 9.90 Å². The van der Waals surface area contributed by atoms with E-state index in [2.05, 4.69) is 4.98 Å². The number of hydrogen-bond donors (Lipinski definition) is 1. The molecule has 0 unspecified atom stereocenters. The van der Waals surface area contributed by atoms with E-state index < -0.39 is 5.97 Å². The van der Waals surface area contributed by atoms with E-state index in [1.165, 1.54) is 0 Å². The molecule has 2 rings (SSSR count). The lowest BCUT2D eigenvalue weighted by Gasteiger charge is -2.05. The summed E-state index contributed by atoms with van der Waals surface area (Å²) in [5.41, 5.74) is 3.44. The summed E-state index contributed by atoms with van der Waals surface area (Å²) in [7, 11) is 0. The van der Waals surface area contributed by atoms with Crippen LogP contribution in [0.3, 0.4) is 0 Å². The van der Waals surface area contributed by atoms with E-state index in [0.717, 1.165) is 23.1 Å². The van der Waals surface area contributed by atoms with Crippen LogP contribution >= 0.6 is 0 Å².